The number of anilines is 1. The largest absolute Gasteiger partial charge is 0.389 e. The number of aryl methyl sites for hydroxylation is 1. The maximum absolute atomic E-state index is 11.9. The Balaban J connectivity index is 2.53. The lowest BCUT2D eigenvalue weighted by atomic mass is 10.1. The van der Waals surface area contributed by atoms with Crippen LogP contribution < -0.4 is 11.1 Å². The van der Waals surface area contributed by atoms with Crippen LogP contribution in [0.25, 0.3) is 0 Å². The molecule has 0 saturated carbocycles. The predicted octanol–water partition coefficient (Wildman–Crippen LogP) is 2.30. The summed E-state index contributed by atoms with van der Waals surface area (Å²) < 4.78 is 0. The molecule has 0 aliphatic rings. The predicted molar refractivity (Wildman–Crippen MR) is 88.1 cm³/mol. The van der Waals surface area contributed by atoms with E-state index in [0.29, 0.717) is 18.0 Å². The van der Waals surface area contributed by atoms with E-state index in [-0.39, 0.29) is 5.91 Å². The second-order valence-electron chi connectivity index (χ2n) is 4.64. The second kappa shape index (κ2) is 7.85. The molecule has 0 atom stereocenters. The zero-order valence-corrected chi connectivity index (χ0v) is 13.2. The number of benzene rings is 1. The van der Waals surface area contributed by atoms with Crippen LogP contribution in [0.3, 0.4) is 0 Å². The zero-order chi connectivity index (χ0) is 15.1. The van der Waals surface area contributed by atoms with Crippen molar-refractivity contribution in [3.8, 4) is 0 Å². The Morgan fingerprint density at radius 3 is 2.50 bits per heavy atom. The molecule has 1 amide bonds. The highest BCUT2D eigenvalue weighted by molar-refractivity contribution is 7.80. The maximum Gasteiger partial charge on any atom is 0.224 e. The van der Waals surface area contributed by atoms with Crippen LogP contribution in [-0.4, -0.2) is 35.4 Å². The summed E-state index contributed by atoms with van der Waals surface area (Å²) in [6.45, 7) is 8.11. The number of carbonyl (C=O) groups excluding carboxylic acids is 1. The molecule has 0 heterocycles. The molecular weight excluding hydrogens is 270 g/mol. The third kappa shape index (κ3) is 4.49. The van der Waals surface area contributed by atoms with Crippen molar-refractivity contribution in [2.75, 3.05) is 25.0 Å². The van der Waals surface area contributed by atoms with E-state index in [0.717, 1.165) is 29.9 Å². The smallest absolute Gasteiger partial charge is 0.224 e. The lowest BCUT2D eigenvalue weighted by Crippen LogP contribution is -2.31. The molecule has 0 bridgehead atoms. The van der Waals surface area contributed by atoms with Gasteiger partial charge in [-0.3, -0.25) is 4.79 Å². The highest BCUT2D eigenvalue weighted by atomic mass is 32.1. The first-order valence-corrected chi connectivity index (χ1v) is 7.32. The van der Waals surface area contributed by atoms with Crippen molar-refractivity contribution in [3.05, 3.63) is 29.3 Å². The Morgan fingerprint density at radius 2 is 2.00 bits per heavy atom. The fourth-order valence-electron chi connectivity index (χ4n) is 2.10. The summed E-state index contributed by atoms with van der Waals surface area (Å²) in [6.07, 6.45) is 0.498. The van der Waals surface area contributed by atoms with E-state index in [1.54, 1.807) is 0 Å². The molecule has 1 rings (SSSR count). The van der Waals surface area contributed by atoms with Crippen LogP contribution >= 0.6 is 12.2 Å². The van der Waals surface area contributed by atoms with Crippen molar-refractivity contribution < 1.29 is 4.79 Å². The summed E-state index contributed by atoms with van der Waals surface area (Å²) in [7, 11) is 0. The topological polar surface area (TPSA) is 58.4 Å². The molecule has 1 aromatic rings. The van der Waals surface area contributed by atoms with Gasteiger partial charge >= 0.3 is 0 Å². The minimum atomic E-state index is 0.180. The van der Waals surface area contributed by atoms with E-state index < -0.39 is 0 Å². The molecule has 0 unspecified atom stereocenters. The van der Waals surface area contributed by atoms with Crippen LogP contribution in [0, 0.1) is 6.92 Å². The van der Waals surface area contributed by atoms with Gasteiger partial charge in [0.2, 0.25) is 5.91 Å². The van der Waals surface area contributed by atoms with E-state index in [1.807, 2.05) is 43.9 Å². The van der Waals surface area contributed by atoms with Crippen LogP contribution in [0.4, 0.5) is 5.69 Å². The molecule has 0 aliphatic heterocycles. The van der Waals surface area contributed by atoms with E-state index in [2.05, 4.69) is 5.32 Å². The number of hydrogen-bond donors (Lipinski definition) is 2. The van der Waals surface area contributed by atoms with Gasteiger partial charge in [0.1, 0.15) is 4.99 Å². The number of carbonyl (C=O) groups is 1. The summed E-state index contributed by atoms with van der Waals surface area (Å²) >= 11 is 4.98. The van der Waals surface area contributed by atoms with Gasteiger partial charge in [-0.05, 0) is 44.5 Å². The lowest BCUT2D eigenvalue weighted by molar-refractivity contribution is -0.130. The summed E-state index contributed by atoms with van der Waals surface area (Å²) in [5, 5.41) is 3.25. The Kier molecular flexibility index (Phi) is 6.45. The Labute approximate surface area is 126 Å². The fraction of sp³-hybridized carbons (Fsp3) is 0.467. The molecule has 0 fully saturated rings. The van der Waals surface area contributed by atoms with Gasteiger partial charge in [-0.2, -0.15) is 0 Å². The van der Waals surface area contributed by atoms with Crippen molar-refractivity contribution in [3.63, 3.8) is 0 Å². The first kappa shape index (κ1) is 16.4. The average molecular weight is 293 g/mol. The lowest BCUT2D eigenvalue weighted by Gasteiger charge is -2.18. The van der Waals surface area contributed by atoms with Crippen molar-refractivity contribution in [1.29, 1.82) is 0 Å². The highest BCUT2D eigenvalue weighted by Crippen LogP contribution is 2.15. The standard InChI is InChI=1S/C15H23N3OS/c1-4-18(5-2)14(19)8-9-17-12-6-7-13(15(16)20)11(3)10-12/h6-7,10,17H,4-5,8-9H2,1-3H3,(H2,16,20). The van der Waals surface area contributed by atoms with E-state index in [9.17, 15) is 4.79 Å². The molecule has 110 valence electrons. The third-order valence-electron chi connectivity index (χ3n) is 3.28. The first-order chi connectivity index (χ1) is 9.49. The number of hydrogen-bond acceptors (Lipinski definition) is 3. The SMILES string of the molecule is CCN(CC)C(=O)CCNc1ccc(C(N)=S)c(C)c1. The molecule has 0 aromatic heterocycles. The highest BCUT2D eigenvalue weighted by Gasteiger charge is 2.08. The molecule has 1 aromatic carbocycles. The zero-order valence-electron chi connectivity index (χ0n) is 12.4. The van der Waals surface area contributed by atoms with E-state index >= 15 is 0 Å². The normalized spacial score (nSPS) is 10.2. The van der Waals surface area contributed by atoms with Crippen LogP contribution in [0.5, 0.6) is 0 Å². The third-order valence-corrected chi connectivity index (χ3v) is 3.50. The van der Waals surface area contributed by atoms with Crippen LogP contribution in [0.2, 0.25) is 0 Å². The van der Waals surface area contributed by atoms with Gasteiger partial charge in [-0.1, -0.05) is 12.2 Å². The Bertz CT molecular complexity index is 484. The Morgan fingerprint density at radius 1 is 1.35 bits per heavy atom. The fourth-order valence-corrected chi connectivity index (χ4v) is 2.33. The molecule has 20 heavy (non-hydrogen) atoms. The molecule has 0 aliphatic carbocycles. The number of thiocarbonyl (C=S) groups is 1. The number of nitrogens with zero attached hydrogens (tertiary/aromatic N) is 1. The van der Waals surface area contributed by atoms with E-state index in [1.165, 1.54) is 0 Å². The molecule has 4 nitrogen and oxygen atoms in total. The van der Waals surface area contributed by atoms with Crippen LogP contribution in [0.1, 0.15) is 31.4 Å². The quantitative estimate of drug-likeness (QED) is 0.757. The molecule has 0 saturated heterocycles. The molecule has 3 N–H and O–H groups in total. The molecule has 0 radical (unpaired) electrons. The molecular formula is C15H23N3OS. The van der Waals surface area contributed by atoms with Crippen LogP contribution in [0.15, 0.2) is 18.2 Å². The van der Waals surface area contributed by atoms with Gasteiger partial charge in [0.25, 0.3) is 0 Å². The summed E-state index contributed by atoms with van der Waals surface area (Å²) in [4.78, 5) is 14.1. The number of nitrogens with one attached hydrogen (secondary N) is 1. The minimum absolute atomic E-state index is 0.180. The van der Waals surface area contributed by atoms with Crippen molar-refractivity contribution in [1.82, 2.24) is 4.90 Å². The Hall–Kier alpha value is -1.62. The second-order valence-corrected chi connectivity index (χ2v) is 5.08. The van der Waals surface area contributed by atoms with Gasteiger partial charge in [-0.25, -0.2) is 0 Å². The van der Waals surface area contributed by atoms with Gasteiger partial charge in [0.05, 0.1) is 0 Å². The van der Waals surface area contributed by atoms with Crippen molar-refractivity contribution in [2.24, 2.45) is 5.73 Å². The average Bonchev–Trinajstić information content (AvgIpc) is 2.39. The molecule has 0 spiro atoms. The van der Waals surface area contributed by atoms with Crippen LogP contribution in [-0.2, 0) is 4.79 Å². The van der Waals surface area contributed by atoms with Gasteiger partial charge in [0.15, 0.2) is 0 Å². The summed E-state index contributed by atoms with van der Waals surface area (Å²) in [5.74, 6) is 0.180. The van der Waals surface area contributed by atoms with Gasteiger partial charge in [0, 0.05) is 37.3 Å². The van der Waals surface area contributed by atoms with Gasteiger partial charge < -0.3 is 16.0 Å². The summed E-state index contributed by atoms with van der Waals surface area (Å²) in [6, 6.07) is 5.84. The summed E-state index contributed by atoms with van der Waals surface area (Å²) in [5.41, 5.74) is 8.54. The maximum atomic E-state index is 11.9. The number of nitrogens with two attached hydrogens (primary N) is 1. The number of amides is 1. The minimum Gasteiger partial charge on any atom is -0.389 e. The monoisotopic (exact) mass is 293 g/mol. The molecule has 5 heteroatoms. The first-order valence-electron chi connectivity index (χ1n) is 6.91. The number of rotatable bonds is 7. The van der Waals surface area contributed by atoms with Crippen molar-refractivity contribution in [2.45, 2.75) is 27.2 Å². The van der Waals surface area contributed by atoms with E-state index in [4.69, 9.17) is 18.0 Å². The van der Waals surface area contributed by atoms with Crippen molar-refractivity contribution >= 4 is 28.8 Å². The van der Waals surface area contributed by atoms with Gasteiger partial charge in [-0.15, -0.1) is 0 Å².